The average Bonchev–Trinajstić information content (AvgIpc) is 3.28. The third kappa shape index (κ3) is 3.00. The van der Waals surface area contributed by atoms with E-state index in [-0.39, 0.29) is 41.9 Å². The first-order chi connectivity index (χ1) is 10.6. The summed E-state index contributed by atoms with van der Waals surface area (Å²) < 4.78 is 27.5. The van der Waals surface area contributed by atoms with E-state index in [9.17, 15) is 18.7 Å². The lowest BCUT2D eigenvalue weighted by Gasteiger charge is -2.31. The second-order valence-electron chi connectivity index (χ2n) is 6.43. The van der Waals surface area contributed by atoms with Crippen molar-refractivity contribution in [3.63, 3.8) is 0 Å². The van der Waals surface area contributed by atoms with Crippen LogP contribution >= 0.6 is 0 Å². The zero-order valence-electron chi connectivity index (χ0n) is 12.4. The Morgan fingerprint density at radius 3 is 2.59 bits per heavy atom. The Balaban J connectivity index is 1.63. The molecule has 120 valence electrons. The summed E-state index contributed by atoms with van der Waals surface area (Å²) in [5.74, 6) is -1.92. The van der Waals surface area contributed by atoms with Crippen molar-refractivity contribution in [2.75, 3.05) is 6.61 Å². The van der Waals surface area contributed by atoms with E-state index < -0.39 is 11.6 Å². The van der Waals surface area contributed by atoms with Gasteiger partial charge in [-0.1, -0.05) is 18.9 Å². The van der Waals surface area contributed by atoms with E-state index in [1.54, 1.807) is 0 Å². The van der Waals surface area contributed by atoms with Gasteiger partial charge in [0.1, 0.15) is 11.6 Å². The number of carbonyl (C=O) groups excluding carboxylic acids is 1. The Morgan fingerprint density at radius 2 is 1.91 bits per heavy atom. The van der Waals surface area contributed by atoms with E-state index in [0.29, 0.717) is 6.42 Å². The van der Waals surface area contributed by atoms with Crippen molar-refractivity contribution in [1.82, 2.24) is 5.32 Å². The molecule has 2 aliphatic rings. The van der Waals surface area contributed by atoms with E-state index in [1.807, 2.05) is 0 Å². The highest BCUT2D eigenvalue weighted by Crippen LogP contribution is 2.49. The van der Waals surface area contributed by atoms with Gasteiger partial charge < -0.3 is 10.4 Å². The largest absolute Gasteiger partial charge is 0.396 e. The van der Waals surface area contributed by atoms with Crippen LogP contribution in [0.15, 0.2) is 18.2 Å². The van der Waals surface area contributed by atoms with Gasteiger partial charge in [0.25, 0.3) is 0 Å². The van der Waals surface area contributed by atoms with Gasteiger partial charge >= 0.3 is 0 Å². The van der Waals surface area contributed by atoms with Crippen LogP contribution in [0.3, 0.4) is 0 Å². The molecule has 0 saturated heterocycles. The van der Waals surface area contributed by atoms with Gasteiger partial charge in [-0.05, 0) is 31.4 Å². The number of hydrogen-bond donors (Lipinski definition) is 2. The molecule has 1 aromatic rings. The van der Waals surface area contributed by atoms with Gasteiger partial charge in [0.15, 0.2) is 0 Å². The SMILES string of the molecule is O=C(N[C@@H]1CCCC[C@@H]1CO)[C@@H]1C[C@@H]1c1c(F)cccc1F. The molecular weight excluding hydrogens is 288 g/mol. The van der Waals surface area contributed by atoms with Crippen molar-refractivity contribution in [3.05, 3.63) is 35.4 Å². The minimum Gasteiger partial charge on any atom is -0.396 e. The fourth-order valence-corrected chi connectivity index (χ4v) is 3.57. The van der Waals surface area contributed by atoms with Crippen LogP contribution in [0, 0.1) is 23.5 Å². The molecule has 2 fully saturated rings. The molecule has 2 aliphatic carbocycles. The Morgan fingerprint density at radius 1 is 1.23 bits per heavy atom. The van der Waals surface area contributed by atoms with Crippen LogP contribution in [-0.4, -0.2) is 23.7 Å². The molecule has 1 aromatic carbocycles. The summed E-state index contributed by atoms with van der Waals surface area (Å²) in [7, 11) is 0. The second kappa shape index (κ2) is 6.32. The van der Waals surface area contributed by atoms with Crippen molar-refractivity contribution in [3.8, 4) is 0 Å². The predicted octanol–water partition coefficient (Wildman–Crippen LogP) is 2.74. The monoisotopic (exact) mass is 309 g/mol. The number of hydrogen-bond acceptors (Lipinski definition) is 2. The lowest BCUT2D eigenvalue weighted by molar-refractivity contribution is -0.123. The Hall–Kier alpha value is -1.49. The molecule has 2 saturated carbocycles. The highest BCUT2D eigenvalue weighted by Gasteiger charge is 2.47. The number of aliphatic hydroxyl groups excluding tert-OH is 1. The second-order valence-corrected chi connectivity index (χ2v) is 6.43. The molecule has 0 heterocycles. The number of benzene rings is 1. The molecule has 2 N–H and O–H groups in total. The van der Waals surface area contributed by atoms with Gasteiger partial charge in [0, 0.05) is 36.0 Å². The third-order valence-corrected chi connectivity index (χ3v) is 4.97. The van der Waals surface area contributed by atoms with Gasteiger partial charge in [0.2, 0.25) is 5.91 Å². The maximum Gasteiger partial charge on any atom is 0.223 e. The highest BCUT2D eigenvalue weighted by molar-refractivity contribution is 5.83. The Kier molecular flexibility index (Phi) is 4.43. The summed E-state index contributed by atoms with van der Waals surface area (Å²) in [6.07, 6.45) is 4.38. The van der Waals surface area contributed by atoms with E-state index in [2.05, 4.69) is 5.32 Å². The molecule has 22 heavy (non-hydrogen) atoms. The van der Waals surface area contributed by atoms with E-state index >= 15 is 0 Å². The van der Waals surface area contributed by atoms with Crippen molar-refractivity contribution in [1.29, 1.82) is 0 Å². The molecule has 4 atom stereocenters. The summed E-state index contributed by atoms with van der Waals surface area (Å²) >= 11 is 0. The van der Waals surface area contributed by atoms with Crippen LogP contribution < -0.4 is 5.32 Å². The lowest BCUT2D eigenvalue weighted by atomic mass is 9.85. The maximum absolute atomic E-state index is 13.7. The van der Waals surface area contributed by atoms with Crippen LogP contribution in [0.1, 0.15) is 43.6 Å². The topological polar surface area (TPSA) is 49.3 Å². The fourth-order valence-electron chi connectivity index (χ4n) is 3.57. The molecule has 0 aliphatic heterocycles. The molecule has 0 radical (unpaired) electrons. The summed E-state index contributed by atoms with van der Waals surface area (Å²) in [4.78, 5) is 12.3. The Bertz CT molecular complexity index is 543. The summed E-state index contributed by atoms with van der Waals surface area (Å²) in [6, 6.07) is 3.78. The van der Waals surface area contributed by atoms with Gasteiger partial charge in [-0.2, -0.15) is 0 Å². The molecule has 0 bridgehead atoms. The van der Waals surface area contributed by atoms with Crippen molar-refractivity contribution in [2.45, 2.75) is 44.1 Å². The number of aliphatic hydroxyl groups is 1. The number of nitrogens with one attached hydrogen (secondary N) is 1. The molecule has 1 amide bonds. The van der Waals surface area contributed by atoms with Crippen LogP contribution in [0.2, 0.25) is 0 Å². The summed E-state index contributed by atoms with van der Waals surface area (Å²) in [6.45, 7) is 0.0704. The molecule has 3 rings (SSSR count). The van der Waals surface area contributed by atoms with E-state index in [4.69, 9.17) is 0 Å². The third-order valence-electron chi connectivity index (χ3n) is 4.97. The molecule has 5 heteroatoms. The first kappa shape index (κ1) is 15.4. The van der Waals surface area contributed by atoms with Crippen molar-refractivity contribution < 1.29 is 18.7 Å². The Labute approximate surface area is 128 Å². The number of carbonyl (C=O) groups is 1. The van der Waals surface area contributed by atoms with Crippen molar-refractivity contribution >= 4 is 5.91 Å². The molecule has 0 unspecified atom stereocenters. The zero-order chi connectivity index (χ0) is 15.7. The summed E-state index contributed by atoms with van der Waals surface area (Å²) in [5.41, 5.74) is 0.0324. The minimum atomic E-state index is -0.578. The van der Waals surface area contributed by atoms with Gasteiger partial charge in [-0.15, -0.1) is 0 Å². The number of rotatable bonds is 4. The lowest BCUT2D eigenvalue weighted by Crippen LogP contribution is -2.44. The zero-order valence-corrected chi connectivity index (χ0v) is 12.4. The van der Waals surface area contributed by atoms with Gasteiger partial charge in [-0.3, -0.25) is 4.79 Å². The molecule has 0 aromatic heterocycles. The first-order valence-corrected chi connectivity index (χ1v) is 7.97. The normalized spacial score (nSPS) is 30.9. The van der Waals surface area contributed by atoms with Gasteiger partial charge in [0.05, 0.1) is 0 Å². The van der Waals surface area contributed by atoms with E-state index in [0.717, 1.165) is 25.7 Å². The molecule has 3 nitrogen and oxygen atoms in total. The minimum absolute atomic E-state index is 0.0158. The van der Waals surface area contributed by atoms with Gasteiger partial charge in [-0.25, -0.2) is 8.78 Å². The van der Waals surface area contributed by atoms with Crippen LogP contribution in [0.5, 0.6) is 0 Å². The standard InChI is InChI=1S/C17H21F2NO2/c18-13-5-3-6-14(19)16(13)11-8-12(11)17(22)20-15-7-2-1-4-10(15)9-21/h3,5-6,10-12,15,21H,1-2,4,7-9H2,(H,20,22)/t10-,11+,12-,15-/m1/s1. The van der Waals surface area contributed by atoms with Crippen molar-refractivity contribution in [2.24, 2.45) is 11.8 Å². The average molecular weight is 309 g/mol. The smallest absolute Gasteiger partial charge is 0.223 e. The number of amides is 1. The molecule has 0 spiro atoms. The predicted molar refractivity (Wildman–Crippen MR) is 78.2 cm³/mol. The molecular formula is C17H21F2NO2. The highest BCUT2D eigenvalue weighted by atomic mass is 19.1. The van der Waals surface area contributed by atoms with Crippen LogP contribution in [0.4, 0.5) is 8.78 Å². The fraction of sp³-hybridized carbons (Fsp3) is 0.588. The quantitative estimate of drug-likeness (QED) is 0.898. The van der Waals surface area contributed by atoms with Crippen LogP contribution in [-0.2, 0) is 4.79 Å². The number of halogens is 2. The van der Waals surface area contributed by atoms with Crippen LogP contribution in [0.25, 0.3) is 0 Å². The summed E-state index contributed by atoms with van der Waals surface area (Å²) in [5, 5.41) is 12.4. The maximum atomic E-state index is 13.7. The first-order valence-electron chi connectivity index (χ1n) is 7.97. The van der Waals surface area contributed by atoms with E-state index in [1.165, 1.54) is 18.2 Å².